The molecule has 6 heteroatoms. The van der Waals surface area contributed by atoms with Crippen molar-refractivity contribution in [3.63, 3.8) is 0 Å². The first-order chi connectivity index (χ1) is 13.5. The van der Waals surface area contributed by atoms with Crippen LogP contribution >= 0.6 is 0 Å². The Morgan fingerprint density at radius 2 is 1.75 bits per heavy atom. The zero-order chi connectivity index (χ0) is 20.1. The number of methoxy groups -OCH3 is 2. The average Bonchev–Trinajstić information content (AvgIpc) is 3.00. The molecular weight excluding hydrogens is 354 g/mol. The van der Waals surface area contributed by atoms with Gasteiger partial charge >= 0.3 is 0 Å². The topological polar surface area (TPSA) is 65.4 Å². The Morgan fingerprint density at radius 1 is 1.04 bits per heavy atom. The number of aryl methyl sites for hydroxylation is 1. The zero-order valence-corrected chi connectivity index (χ0v) is 16.7. The van der Waals surface area contributed by atoms with Crippen LogP contribution in [-0.4, -0.2) is 29.9 Å². The summed E-state index contributed by atoms with van der Waals surface area (Å²) in [4.78, 5) is 12.5. The number of amides is 1. The second-order valence-electron chi connectivity index (χ2n) is 6.54. The lowest BCUT2D eigenvalue weighted by Gasteiger charge is -2.10. The molecule has 0 fully saturated rings. The molecule has 0 radical (unpaired) electrons. The molecule has 0 bridgehead atoms. The van der Waals surface area contributed by atoms with E-state index < -0.39 is 0 Å². The van der Waals surface area contributed by atoms with Crippen molar-refractivity contribution >= 4 is 5.91 Å². The molecule has 2 aromatic carbocycles. The fraction of sp³-hybridized carbons (Fsp3) is 0.273. The number of benzene rings is 2. The third kappa shape index (κ3) is 4.17. The fourth-order valence-corrected chi connectivity index (χ4v) is 3.17. The molecule has 1 aromatic heterocycles. The predicted octanol–water partition coefficient (Wildman–Crippen LogP) is 3.37. The lowest BCUT2D eigenvalue weighted by atomic mass is 10.1. The highest BCUT2D eigenvalue weighted by Crippen LogP contribution is 2.27. The zero-order valence-electron chi connectivity index (χ0n) is 16.7. The van der Waals surface area contributed by atoms with Crippen molar-refractivity contribution in [3.05, 3.63) is 71.0 Å². The average molecular weight is 379 g/mol. The molecule has 1 N–H and O–H groups in total. The van der Waals surface area contributed by atoms with Crippen molar-refractivity contribution < 1.29 is 14.3 Å². The van der Waals surface area contributed by atoms with Gasteiger partial charge in [-0.05, 0) is 43.7 Å². The van der Waals surface area contributed by atoms with Crippen LogP contribution in [0.4, 0.5) is 0 Å². The Labute approximate surface area is 165 Å². The second-order valence-corrected chi connectivity index (χ2v) is 6.54. The molecule has 3 aromatic rings. The molecule has 0 aliphatic rings. The van der Waals surface area contributed by atoms with E-state index in [1.165, 1.54) is 0 Å². The number of nitrogens with one attached hydrogen (secondary N) is 1. The molecule has 0 aliphatic carbocycles. The summed E-state index contributed by atoms with van der Waals surface area (Å²) in [5, 5.41) is 7.57. The van der Waals surface area contributed by atoms with Gasteiger partial charge in [0.25, 0.3) is 0 Å². The fourth-order valence-electron chi connectivity index (χ4n) is 3.17. The van der Waals surface area contributed by atoms with E-state index in [1.807, 2.05) is 67.1 Å². The largest absolute Gasteiger partial charge is 0.493 e. The summed E-state index contributed by atoms with van der Waals surface area (Å²) >= 11 is 0. The molecule has 0 atom stereocenters. The van der Waals surface area contributed by atoms with Gasteiger partial charge in [-0.25, -0.2) is 4.68 Å². The van der Waals surface area contributed by atoms with E-state index in [9.17, 15) is 4.79 Å². The van der Waals surface area contributed by atoms with E-state index in [4.69, 9.17) is 9.47 Å². The summed E-state index contributed by atoms with van der Waals surface area (Å²) in [5.41, 5.74) is 4.72. The van der Waals surface area contributed by atoms with Gasteiger partial charge < -0.3 is 14.8 Å². The number of rotatable bonds is 7. The lowest BCUT2D eigenvalue weighted by Crippen LogP contribution is -2.25. The number of hydrogen-bond donors (Lipinski definition) is 1. The van der Waals surface area contributed by atoms with Crippen LogP contribution in [0.2, 0.25) is 0 Å². The van der Waals surface area contributed by atoms with E-state index in [-0.39, 0.29) is 12.3 Å². The summed E-state index contributed by atoms with van der Waals surface area (Å²) < 4.78 is 12.4. The number of aromatic nitrogens is 2. The van der Waals surface area contributed by atoms with Crippen molar-refractivity contribution in [3.8, 4) is 17.2 Å². The molecule has 28 heavy (non-hydrogen) atoms. The molecule has 0 spiro atoms. The first-order valence-electron chi connectivity index (χ1n) is 9.11. The van der Waals surface area contributed by atoms with E-state index >= 15 is 0 Å². The van der Waals surface area contributed by atoms with Crippen molar-refractivity contribution in [2.45, 2.75) is 26.8 Å². The number of para-hydroxylation sites is 1. The van der Waals surface area contributed by atoms with Crippen molar-refractivity contribution in [2.24, 2.45) is 0 Å². The van der Waals surface area contributed by atoms with E-state index in [1.54, 1.807) is 14.2 Å². The summed E-state index contributed by atoms with van der Waals surface area (Å²) in [6.07, 6.45) is 0.289. The second kappa shape index (κ2) is 8.61. The molecule has 6 nitrogen and oxygen atoms in total. The number of hydrogen-bond acceptors (Lipinski definition) is 4. The van der Waals surface area contributed by atoms with Crippen molar-refractivity contribution in [1.82, 2.24) is 15.1 Å². The van der Waals surface area contributed by atoms with Crippen LogP contribution < -0.4 is 14.8 Å². The minimum absolute atomic E-state index is 0.0476. The maximum absolute atomic E-state index is 12.5. The first-order valence-corrected chi connectivity index (χ1v) is 9.11. The van der Waals surface area contributed by atoms with Gasteiger partial charge in [-0.2, -0.15) is 5.10 Å². The van der Waals surface area contributed by atoms with Crippen LogP contribution in [0.15, 0.2) is 48.5 Å². The summed E-state index contributed by atoms with van der Waals surface area (Å²) in [6.45, 7) is 4.34. The first kappa shape index (κ1) is 19.5. The predicted molar refractivity (Wildman–Crippen MR) is 108 cm³/mol. The van der Waals surface area contributed by atoms with Gasteiger partial charge in [-0.3, -0.25) is 4.79 Å². The number of nitrogens with zero attached hydrogens (tertiary/aromatic N) is 2. The minimum Gasteiger partial charge on any atom is -0.493 e. The van der Waals surface area contributed by atoms with Crippen molar-refractivity contribution in [1.29, 1.82) is 0 Å². The van der Waals surface area contributed by atoms with Crippen molar-refractivity contribution in [2.75, 3.05) is 14.2 Å². The van der Waals surface area contributed by atoms with Crippen LogP contribution in [0.25, 0.3) is 5.69 Å². The summed E-state index contributed by atoms with van der Waals surface area (Å²) in [6, 6.07) is 15.5. The van der Waals surface area contributed by atoms with Gasteiger partial charge in [-0.1, -0.05) is 24.3 Å². The van der Waals surface area contributed by atoms with Crippen LogP contribution in [0.1, 0.15) is 22.5 Å². The minimum atomic E-state index is -0.0476. The van der Waals surface area contributed by atoms with E-state index in [0.29, 0.717) is 18.0 Å². The summed E-state index contributed by atoms with van der Waals surface area (Å²) in [7, 11) is 3.19. The van der Waals surface area contributed by atoms with Gasteiger partial charge in [0.2, 0.25) is 5.91 Å². The number of carbonyl (C=O) groups excluding carboxylic acids is 1. The molecule has 0 unspecified atom stereocenters. The Balaban J connectivity index is 1.68. The number of carbonyl (C=O) groups is 1. The number of ether oxygens (including phenoxy) is 2. The highest BCUT2D eigenvalue weighted by atomic mass is 16.5. The Morgan fingerprint density at radius 3 is 2.43 bits per heavy atom. The van der Waals surface area contributed by atoms with E-state index in [2.05, 4.69) is 10.4 Å². The van der Waals surface area contributed by atoms with Crippen LogP contribution in [0, 0.1) is 13.8 Å². The third-order valence-electron chi connectivity index (χ3n) is 4.72. The molecule has 0 aliphatic heterocycles. The van der Waals surface area contributed by atoms with Crippen LogP contribution in [0.3, 0.4) is 0 Å². The van der Waals surface area contributed by atoms with Gasteiger partial charge in [0.15, 0.2) is 11.5 Å². The molecular formula is C22H25N3O3. The lowest BCUT2D eigenvalue weighted by molar-refractivity contribution is -0.120. The summed E-state index contributed by atoms with van der Waals surface area (Å²) in [5.74, 6) is 1.26. The highest BCUT2D eigenvalue weighted by Gasteiger charge is 2.16. The van der Waals surface area contributed by atoms with Gasteiger partial charge in [0.1, 0.15) is 0 Å². The third-order valence-corrected chi connectivity index (χ3v) is 4.72. The Kier molecular flexibility index (Phi) is 5.99. The standard InChI is InChI=1S/C22H25N3O3/c1-15-19(16(2)25(24-15)18-8-6-5-7-9-18)13-22(26)23-14-17-10-11-20(27-3)21(12-17)28-4/h5-12H,13-14H2,1-4H3,(H,23,26). The maximum atomic E-state index is 12.5. The van der Waals surface area contributed by atoms with Crippen LogP contribution in [0.5, 0.6) is 11.5 Å². The SMILES string of the molecule is COc1ccc(CNC(=O)Cc2c(C)nn(-c3ccccc3)c2C)cc1OC. The normalized spacial score (nSPS) is 10.6. The molecule has 0 saturated heterocycles. The quantitative estimate of drug-likeness (QED) is 0.684. The Bertz CT molecular complexity index is 965. The monoisotopic (exact) mass is 379 g/mol. The molecule has 1 amide bonds. The molecule has 3 rings (SSSR count). The molecule has 146 valence electrons. The van der Waals surface area contributed by atoms with Crippen LogP contribution in [-0.2, 0) is 17.8 Å². The molecule has 1 heterocycles. The van der Waals surface area contributed by atoms with Gasteiger partial charge in [-0.15, -0.1) is 0 Å². The smallest absolute Gasteiger partial charge is 0.224 e. The van der Waals surface area contributed by atoms with E-state index in [0.717, 1.165) is 28.2 Å². The molecule has 0 saturated carbocycles. The maximum Gasteiger partial charge on any atom is 0.224 e. The van der Waals surface area contributed by atoms with Gasteiger partial charge in [0.05, 0.1) is 32.0 Å². The van der Waals surface area contributed by atoms with Gasteiger partial charge in [0, 0.05) is 17.8 Å². The Hall–Kier alpha value is -3.28. The highest BCUT2D eigenvalue weighted by molar-refractivity contribution is 5.79.